The largest absolute Gasteiger partial charge is 0.464 e. The van der Waals surface area contributed by atoms with Gasteiger partial charge in [0.25, 0.3) is 0 Å². The quantitative estimate of drug-likeness (QED) is 0.927. The van der Waals surface area contributed by atoms with Gasteiger partial charge in [-0.2, -0.15) is 0 Å². The van der Waals surface area contributed by atoms with Crippen LogP contribution in [-0.4, -0.2) is 37.0 Å². The van der Waals surface area contributed by atoms with Crippen LogP contribution in [0, 0.1) is 0 Å². The van der Waals surface area contributed by atoms with Gasteiger partial charge in [-0.25, -0.2) is 0 Å². The molecule has 4 rings (SSSR count). The smallest absolute Gasteiger partial charge is 0.227 e. The molecule has 2 aliphatic rings. The zero-order chi connectivity index (χ0) is 15.8. The first-order valence-corrected chi connectivity index (χ1v) is 8.71. The van der Waals surface area contributed by atoms with Gasteiger partial charge in [-0.3, -0.25) is 4.79 Å². The highest BCUT2D eigenvalue weighted by molar-refractivity contribution is 5.88. The first-order valence-electron chi connectivity index (χ1n) is 8.71. The number of likely N-dealkylation sites (tertiary alicyclic amines) is 1. The molecule has 1 N–H and O–H groups in total. The Balaban J connectivity index is 0.00000169. The molecule has 0 saturated carbocycles. The van der Waals surface area contributed by atoms with Crippen molar-refractivity contribution in [1.29, 1.82) is 0 Å². The molecule has 1 aromatic heterocycles. The Morgan fingerprint density at radius 2 is 1.96 bits per heavy atom. The van der Waals surface area contributed by atoms with Crippen molar-refractivity contribution in [1.82, 2.24) is 10.2 Å². The minimum atomic E-state index is 0. The molecule has 24 heavy (non-hydrogen) atoms. The number of furan rings is 1. The van der Waals surface area contributed by atoms with Crippen LogP contribution in [0.3, 0.4) is 0 Å². The van der Waals surface area contributed by atoms with E-state index in [-0.39, 0.29) is 18.3 Å². The number of carbonyl (C=O) groups excluding carboxylic acids is 1. The summed E-state index contributed by atoms with van der Waals surface area (Å²) in [6.45, 7) is 1.71. The van der Waals surface area contributed by atoms with Crippen molar-refractivity contribution in [3.05, 3.63) is 35.1 Å². The van der Waals surface area contributed by atoms with Gasteiger partial charge in [0, 0.05) is 30.1 Å². The Bertz CT molecular complexity index is 732. The minimum Gasteiger partial charge on any atom is -0.464 e. The zero-order valence-corrected chi connectivity index (χ0v) is 15.0. The van der Waals surface area contributed by atoms with E-state index in [4.69, 9.17) is 4.42 Å². The first kappa shape index (κ1) is 17.3. The lowest BCUT2D eigenvalue weighted by Crippen LogP contribution is -2.44. The van der Waals surface area contributed by atoms with E-state index in [2.05, 4.69) is 17.4 Å². The fourth-order valence-electron chi connectivity index (χ4n) is 3.98. The molecular formula is C19H25ClN2O2. The molecule has 0 unspecified atom stereocenters. The third-order valence-corrected chi connectivity index (χ3v) is 5.47. The molecule has 0 bridgehead atoms. The number of nitrogens with one attached hydrogen (secondary N) is 1. The number of aryl methyl sites for hydroxylation is 2. The number of carbonyl (C=O) groups is 1. The third kappa shape index (κ3) is 3.17. The van der Waals surface area contributed by atoms with E-state index in [0.717, 1.165) is 55.3 Å². The zero-order valence-electron chi connectivity index (χ0n) is 14.1. The van der Waals surface area contributed by atoms with Crippen molar-refractivity contribution < 1.29 is 9.21 Å². The molecular weight excluding hydrogens is 324 g/mol. The second-order valence-corrected chi connectivity index (χ2v) is 6.85. The molecule has 4 nitrogen and oxygen atoms in total. The Kier molecular flexibility index (Phi) is 5.16. The normalized spacial score (nSPS) is 17.8. The van der Waals surface area contributed by atoms with E-state index in [0.29, 0.717) is 12.5 Å². The summed E-state index contributed by atoms with van der Waals surface area (Å²) in [5.74, 6) is 0.225. The number of fused-ring (bicyclic) bond motifs is 2. The summed E-state index contributed by atoms with van der Waals surface area (Å²) in [4.78, 5) is 14.6. The van der Waals surface area contributed by atoms with Crippen molar-refractivity contribution in [2.45, 2.75) is 44.6 Å². The van der Waals surface area contributed by atoms with Crippen molar-refractivity contribution >= 4 is 29.3 Å². The highest BCUT2D eigenvalue weighted by atomic mass is 35.5. The van der Waals surface area contributed by atoms with Crippen LogP contribution in [0.15, 0.2) is 22.8 Å². The molecule has 1 aliphatic carbocycles. The third-order valence-electron chi connectivity index (χ3n) is 5.47. The van der Waals surface area contributed by atoms with Crippen LogP contribution in [0.2, 0.25) is 0 Å². The molecule has 0 spiro atoms. The standard InChI is InChI=1S/C19H24N2O2.ClH/c1-20-16-5-7-21(8-6-16)19(22)11-15-12-23-18-10-14-4-2-3-13(14)9-17(15)18;/h9-10,12,16,20H,2-8,11H2,1H3;1H. The van der Waals surface area contributed by atoms with Gasteiger partial charge >= 0.3 is 0 Å². The fraction of sp³-hybridized carbons (Fsp3) is 0.526. The maximum Gasteiger partial charge on any atom is 0.227 e. The highest BCUT2D eigenvalue weighted by Gasteiger charge is 2.23. The van der Waals surface area contributed by atoms with Crippen LogP contribution in [0.1, 0.15) is 36.0 Å². The van der Waals surface area contributed by atoms with Gasteiger partial charge in [0.05, 0.1) is 12.7 Å². The van der Waals surface area contributed by atoms with E-state index >= 15 is 0 Å². The summed E-state index contributed by atoms with van der Waals surface area (Å²) in [7, 11) is 2.00. The number of benzene rings is 1. The van der Waals surface area contributed by atoms with Gasteiger partial charge in [-0.15, -0.1) is 12.4 Å². The molecule has 1 aliphatic heterocycles. The van der Waals surface area contributed by atoms with Crippen LogP contribution in [-0.2, 0) is 24.1 Å². The van der Waals surface area contributed by atoms with E-state index in [1.807, 2.05) is 11.9 Å². The molecule has 0 radical (unpaired) electrons. The molecule has 1 aromatic carbocycles. The molecule has 1 saturated heterocycles. The predicted molar refractivity (Wildman–Crippen MR) is 97.9 cm³/mol. The summed E-state index contributed by atoms with van der Waals surface area (Å²) in [6.07, 6.45) is 7.86. The van der Waals surface area contributed by atoms with Crippen molar-refractivity contribution in [2.75, 3.05) is 20.1 Å². The summed E-state index contributed by atoms with van der Waals surface area (Å²) in [5, 5.41) is 4.43. The minimum absolute atomic E-state index is 0. The lowest BCUT2D eigenvalue weighted by molar-refractivity contribution is -0.131. The van der Waals surface area contributed by atoms with Crippen molar-refractivity contribution in [3.63, 3.8) is 0 Å². The number of piperidine rings is 1. The van der Waals surface area contributed by atoms with Crippen LogP contribution in [0.25, 0.3) is 11.0 Å². The van der Waals surface area contributed by atoms with Gasteiger partial charge in [0.2, 0.25) is 5.91 Å². The van der Waals surface area contributed by atoms with Crippen molar-refractivity contribution in [2.24, 2.45) is 0 Å². The Morgan fingerprint density at radius 1 is 1.25 bits per heavy atom. The van der Waals surface area contributed by atoms with E-state index in [1.54, 1.807) is 6.26 Å². The number of nitrogens with zero attached hydrogens (tertiary/aromatic N) is 1. The number of rotatable bonds is 3. The molecule has 1 fully saturated rings. The van der Waals surface area contributed by atoms with Gasteiger partial charge in [-0.1, -0.05) is 0 Å². The fourth-order valence-corrected chi connectivity index (χ4v) is 3.98. The Labute approximate surface area is 149 Å². The van der Waals surface area contributed by atoms with Crippen LogP contribution in [0.5, 0.6) is 0 Å². The van der Waals surface area contributed by atoms with E-state index in [9.17, 15) is 4.79 Å². The van der Waals surface area contributed by atoms with Crippen LogP contribution < -0.4 is 5.32 Å². The summed E-state index contributed by atoms with van der Waals surface area (Å²) in [5.41, 5.74) is 4.82. The summed E-state index contributed by atoms with van der Waals surface area (Å²) >= 11 is 0. The van der Waals surface area contributed by atoms with Crippen LogP contribution >= 0.6 is 12.4 Å². The first-order chi connectivity index (χ1) is 11.2. The van der Waals surface area contributed by atoms with Gasteiger partial charge < -0.3 is 14.6 Å². The topological polar surface area (TPSA) is 45.5 Å². The second-order valence-electron chi connectivity index (χ2n) is 6.85. The molecule has 2 heterocycles. The van der Waals surface area contributed by atoms with Gasteiger partial charge in [0.1, 0.15) is 5.58 Å². The maximum atomic E-state index is 12.6. The highest BCUT2D eigenvalue weighted by Crippen LogP contribution is 2.30. The maximum absolute atomic E-state index is 12.6. The number of hydrogen-bond donors (Lipinski definition) is 1. The summed E-state index contributed by atoms with van der Waals surface area (Å²) in [6, 6.07) is 4.97. The average molecular weight is 349 g/mol. The molecule has 1 amide bonds. The SMILES string of the molecule is CNC1CCN(C(=O)Cc2coc3cc4c(cc23)CCC4)CC1.Cl. The van der Waals surface area contributed by atoms with Gasteiger partial charge in [0.15, 0.2) is 0 Å². The van der Waals surface area contributed by atoms with E-state index < -0.39 is 0 Å². The average Bonchev–Trinajstić information content (AvgIpc) is 3.19. The van der Waals surface area contributed by atoms with Gasteiger partial charge in [-0.05, 0) is 62.4 Å². The Hall–Kier alpha value is -1.52. The lowest BCUT2D eigenvalue weighted by atomic mass is 10.0. The molecule has 5 heteroatoms. The monoisotopic (exact) mass is 348 g/mol. The van der Waals surface area contributed by atoms with Crippen LogP contribution in [0.4, 0.5) is 0 Å². The second kappa shape index (κ2) is 7.16. The number of hydrogen-bond acceptors (Lipinski definition) is 3. The molecule has 130 valence electrons. The molecule has 0 atom stereocenters. The predicted octanol–water partition coefficient (Wildman–Crippen LogP) is 3.10. The molecule has 2 aromatic rings. The number of amides is 1. The Morgan fingerprint density at radius 3 is 2.67 bits per heavy atom. The summed E-state index contributed by atoms with van der Waals surface area (Å²) < 4.78 is 5.72. The van der Waals surface area contributed by atoms with E-state index in [1.165, 1.54) is 17.5 Å². The lowest BCUT2D eigenvalue weighted by Gasteiger charge is -2.31. The van der Waals surface area contributed by atoms with Crippen molar-refractivity contribution in [3.8, 4) is 0 Å². The number of halogens is 1.